The SMILES string of the molecule is COC(=O)c1ccc(N2CCC3(CC2)C[C@H](c2ccccc2)C(=O)N3)nc1. The first-order valence-corrected chi connectivity index (χ1v) is 9.26. The van der Waals surface area contributed by atoms with E-state index in [9.17, 15) is 9.59 Å². The molecule has 0 saturated carbocycles. The Morgan fingerprint density at radius 2 is 1.93 bits per heavy atom. The first-order chi connectivity index (χ1) is 13.1. The zero-order valence-corrected chi connectivity index (χ0v) is 15.4. The van der Waals surface area contributed by atoms with E-state index in [2.05, 4.69) is 15.2 Å². The van der Waals surface area contributed by atoms with Gasteiger partial charge < -0.3 is 15.0 Å². The maximum atomic E-state index is 12.5. The van der Waals surface area contributed by atoms with Crippen molar-refractivity contribution in [3.05, 3.63) is 59.8 Å². The van der Waals surface area contributed by atoms with Crippen molar-refractivity contribution in [1.29, 1.82) is 0 Å². The van der Waals surface area contributed by atoms with Gasteiger partial charge in [0, 0.05) is 24.8 Å². The molecule has 2 aliphatic rings. The molecule has 1 N–H and O–H groups in total. The summed E-state index contributed by atoms with van der Waals surface area (Å²) in [5.41, 5.74) is 1.41. The first kappa shape index (κ1) is 17.5. The fraction of sp³-hybridized carbons (Fsp3) is 0.381. The number of hydrogen-bond donors (Lipinski definition) is 1. The van der Waals surface area contributed by atoms with Crippen LogP contribution in [0.2, 0.25) is 0 Å². The van der Waals surface area contributed by atoms with Crippen LogP contribution in [0, 0.1) is 0 Å². The molecular formula is C21H23N3O3. The predicted molar refractivity (Wildman–Crippen MR) is 102 cm³/mol. The van der Waals surface area contributed by atoms with E-state index in [-0.39, 0.29) is 23.3 Å². The maximum Gasteiger partial charge on any atom is 0.339 e. The van der Waals surface area contributed by atoms with Crippen LogP contribution in [-0.4, -0.2) is 42.6 Å². The van der Waals surface area contributed by atoms with Gasteiger partial charge in [0.2, 0.25) is 5.91 Å². The third kappa shape index (κ3) is 3.39. The standard InChI is InChI=1S/C21H23N3O3/c1-27-20(26)16-7-8-18(22-14-16)24-11-9-21(10-12-24)13-17(19(25)23-21)15-5-3-2-4-6-15/h2-8,14,17H,9-13H2,1H3,(H,23,25)/t17-/m1/s1. The number of rotatable bonds is 3. The monoisotopic (exact) mass is 365 g/mol. The summed E-state index contributed by atoms with van der Waals surface area (Å²) in [5, 5.41) is 3.27. The van der Waals surface area contributed by atoms with Gasteiger partial charge in [-0.15, -0.1) is 0 Å². The maximum absolute atomic E-state index is 12.5. The lowest BCUT2D eigenvalue weighted by Gasteiger charge is -2.39. The van der Waals surface area contributed by atoms with Crippen molar-refractivity contribution in [3.63, 3.8) is 0 Å². The van der Waals surface area contributed by atoms with E-state index in [1.807, 2.05) is 36.4 Å². The van der Waals surface area contributed by atoms with Gasteiger partial charge in [-0.2, -0.15) is 0 Å². The summed E-state index contributed by atoms with van der Waals surface area (Å²) < 4.78 is 4.71. The van der Waals surface area contributed by atoms with Crippen LogP contribution in [0.25, 0.3) is 0 Å². The van der Waals surface area contributed by atoms with E-state index < -0.39 is 0 Å². The summed E-state index contributed by atoms with van der Waals surface area (Å²) in [5.74, 6) is 0.541. The second kappa shape index (κ2) is 7.02. The van der Waals surface area contributed by atoms with E-state index in [0.29, 0.717) is 5.56 Å². The molecule has 0 unspecified atom stereocenters. The Kier molecular flexibility index (Phi) is 4.56. The van der Waals surface area contributed by atoms with Crippen LogP contribution in [0.15, 0.2) is 48.7 Å². The summed E-state index contributed by atoms with van der Waals surface area (Å²) >= 11 is 0. The Morgan fingerprint density at radius 3 is 2.56 bits per heavy atom. The highest BCUT2D eigenvalue weighted by atomic mass is 16.5. The van der Waals surface area contributed by atoms with Crippen LogP contribution >= 0.6 is 0 Å². The number of nitrogens with one attached hydrogen (secondary N) is 1. The molecule has 6 heteroatoms. The second-order valence-electron chi connectivity index (χ2n) is 7.32. The number of aromatic nitrogens is 1. The van der Waals surface area contributed by atoms with Crippen molar-refractivity contribution < 1.29 is 14.3 Å². The Balaban J connectivity index is 1.42. The Bertz CT molecular complexity index is 828. The molecule has 140 valence electrons. The summed E-state index contributed by atoms with van der Waals surface area (Å²) in [6.45, 7) is 1.65. The van der Waals surface area contributed by atoms with Crippen molar-refractivity contribution in [3.8, 4) is 0 Å². The number of methoxy groups -OCH3 is 1. The number of carbonyl (C=O) groups excluding carboxylic acids is 2. The number of pyridine rings is 1. The van der Waals surface area contributed by atoms with E-state index in [0.717, 1.165) is 43.7 Å². The van der Waals surface area contributed by atoms with E-state index in [4.69, 9.17) is 4.74 Å². The van der Waals surface area contributed by atoms with Crippen molar-refractivity contribution in [1.82, 2.24) is 10.3 Å². The van der Waals surface area contributed by atoms with Crippen LogP contribution in [-0.2, 0) is 9.53 Å². The van der Waals surface area contributed by atoms with Gasteiger partial charge in [0.05, 0.1) is 18.6 Å². The van der Waals surface area contributed by atoms with Crippen molar-refractivity contribution in [2.45, 2.75) is 30.7 Å². The molecule has 1 amide bonds. The average molecular weight is 365 g/mol. The number of ether oxygens (including phenoxy) is 1. The lowest BCUT2D eigenvalue weighted by atomic mass is 9.82. The molecule has 2 saturated heterocycles. The summed E-state index contributed by atoms with van der Waals surface area (Å²) in [4.78, 5) is 30.7. The van der Waals surface area contributed by atoms with Crippen LogP contribution in [0.3, 0.4) is 0 Å². The van der Waals surface area contributed by atoms with Crippen molar-refractivity contribution in [2.75, 3.05) is 25.1 Å². The van der Waals surface area contributed by atoms with Gasteiger partial charge in [0.25, 0.3) is 0 Å². The van der Waals surface area contributed by atoms with E-state index in [1.165, 1.54) is 7.11 Å². The minimum atomic E-state index is -0.382. The lowest BCUT2D eigenvalue weighted by Crippen LogP contribution is -2.51. The molecule has 2 aromatic rings. The Morgan fingerprint density at radius 1 is 1.19 bits per heavy atom. The van der Waals surface area contributed by atoms with Gasteiger partial charge >= 0.3 is 5.97 Å². The highest BCUT2D eigenvalue weighted by Gasteiger charge is 2.46. The number of hydrogen-bond acceptors (Lipinski definition) is 5. The van der Waals surface area contributed by atoms with Gasteiger partial charge in [-0.3, -0.25) is 4.79 Å². The minimum Gasteiger partial charge on any atom is -0.465 e. The number of anilines is 1. The topological polar surface area (TPSA) is 71.5 Å². The van der Waals surface area contributed by atoms with Gasteiger partial charge in [-0.25, -0.2) is 9.78 Å². The molecule has 2 aliphatic heterocycles. The lowest BCUT2D eigenvalue weighted by molar-refractivity contribution is -0.121. The van der Waals surface area contributed by atoms with E-state index in [1.54, 1.807) is 12.3 Å². The summed E-state index contributed by atoms with van der Waals surface area (Å²) in [6, 6.07) is 13.6. The second-order valence-corrected chi connectivity index (χ2v) is 7.32. The molecule has 1 aromatic heterocycles. The van der Waals surface area contributed by atoms with Gasteiger partial charge in [0.15, 0.2) is 0 Å². The van der Waals surface area contributed by atoms with Crippen molar-refractivity contribution >= 4 is 17.7 Å². The number of carbonyl (C=O) groups is 2. The number of piperidine rings is 1. The molecule has 1 atom stereocenters. The molecule has 0 aliphatic carbocycles. The quantitative estimate of drug-likeness (QED) is 0.847. The third-order valence-electron chi connectivity index (χ3n) is 5.72. The predicted octanol–water partition coefficient (Wildman–Crippen LogP) is 2.51. The number of amides is 1. The van der Waals surface area contributed by atoms with Gasteiger partial charge in [0.1, 0.15) is 5.82 Å². The average Bonchev–Trinajstić information content (AvgIpc) is 3.04. The van der Waals surface area contributed by atoms with E-state index >= 15 is 0 Å². The highest BCUT2D eigenvalue weighted by Crippen LogP contribution is 2.39. The molecule has 1 aromatic carbocycles. The molecule has 4 rings (SSSR count). The number of esters is 1. The third-order valence-corrected chi connectivity index (χ3v) is 5.72. The number of benzene rings is 1. The van der Waals surface area contributed by atoms with Crippen LogP contribution in [0.4, 0.5) is 5.82 Å². The van der Waals surface area contributed by atoms with Gasteiger partial charge in [-0.05, 0) is 37.0 Å². The number of nitrogens with zero attached hydrogens (tertiary/aromatic N) is 2. The summed E-state index contributed by atoms with van der Waals surface area (Å²) in [7, 11) is 1.36. The Labute approximate surface area is 158 Å². The fourth-order valence-corrected chi connectivity index (χ4v) is 4.14. The molecule has 2 fully saturated rings. The molecule has 0 bridgehead atoms. The normalized spacial score (nSPS) is 21.1. The van der Waals surface area contributed by atoms with Crippen LogP contribution in [0.1, 0.15) is 41.1 Å². The molecule has 0 radical (unpaired) electrons. The largest absolute Gasteiger partial charge is 0.465 e. The molecule has 27 heavy (non-hydrogen) atoms. The van der Waals surface area contributed by atoms with Gasteiger partial charge in [-0.1, -0.05) is 30.3 Å². The smallest absolute Gasteiger partial charge is 0.339 e. The molecule has 6 nitrogen and oxygen atoms in total. The zero-order valence-electron chi connectivity index (χ0n) is 15.4. The molecular weight excluding hydrogens is 342 g/mol. The van der Waals surface area contributed by atoms with Crippen LogP contribution in [0.5, 0.6) is 0 Å². The van der Waals surface area contributed by atoms with Crippen molar-refractivity contribution in [2.24, 2.45) is 0 Å². The van der Waals surface area contributed by atoms with Crippen LogP contribution < -0.4 is 10.2 Å². The first-order valence-electron chi connectivity index (χ1n) is 9.26. The molecule has 1 spiro atoms. The zero-order chi connectivity index (χ0) is 18.9. The molecule has 3 heterocycles. The fourth-order valence-electron chi connectivity index (χ4n) is 4.14. The summed E-state index contributed by atoms with van der Waals surface area (Å²) in [6.07, 6.45) is 4.18. The minimum absolute atomic E-state index is 0.0600. The Hall–Kier alpha value is -2.89. The highest BCUT2D eigenvalue weighted by molar-refractivity contribution is 5.89.